The largest absolute Gasteiger partial charge is 0.437 e. The fourth-order valence-electron chi connectivity index (χ4n) is 2.19. The van der Waals surface area contributed by atoms with Crippen molar-refractivity contribution >= 4 is 39.0 Å². The van der Waals surface area contributed by atoms with Crippen molar-refractivity contribution in [1.29, 1.82) is 0 Å². The van der Waals surface area contributed by atoms with Gasteiger partial charge in [0.2, 0.25) is 11.8 Å². The normalized spacial score (nSPS) is 11.2. The monoisotopic (exact) mass is 370 g/mol. The maximum Gasteiger partial charge on any atom is 0.246 e. The molecule has 116 valence electrons. The van der Waals surface area contributed by atoms with Gasteiger partial charge in [-0.05, 0) is 23.8 Å². The number of likely N-dealkylation sites (N-methyl/N-ethyl adjacent to an activating group) is 1. The fourth-order valence-corrected chi connectivity index (χ4v) is 2.60. The van der Waals surface area contributed by atoms with Gasteiger partial charge in [-0.2, -0.15) is 0 Å². The summed E-state index contributed by atoms with van der Waals surface area (Å²) in [7, 11) is 1.76. The molecular formula is C18H15BrN2O2. The minimum atomic E-state index is -0.108. The number of para-hydroxylation sites is 2. The van der Waals surface area contributed by atoms with Gasteiger partial charge in [-0.25, -0.2) is 4.98 Å². The lowest BCUT2D eigenvalue weighted by atomic mass is 10.2. The Labute approximate surface area is 142 Å². The van der Waals surface area contributed by atoms with E-state index in [4.69, 9.17) is 4.42 Å². The van der Waals surface area contributed by atoms with E-state index in [1.54, 1.807) is 18.0 Å². The van der Waals surface area contributed by atoms with Crippen LogP contribution in [0.5, 0.6) is 0 Å². The van der Waals surface area contributed by atoms with Crippen LogP contribution >= 0.6 is 15.9 Å². The number of hydrogen-bond acceptors (Lipinski definition) is 3. The van der Waals surface area contributed by atoms with Gasteiger partial charge in [0.15, 0.2) is 5.58 Å². The molecule has 2 aromatic carbocycles. The van der Waals surface area contributed by atoms with Crippen LogP contribution < -0.4 is 0 Å². The van der Waals surface area contributed by atoms with Gasteiger partial charge in [-0.3, -0.25) is 4.79 Å². The highest BCUT2D eigenvalue weighted by molar-refractivity contribution is 9.10. The Bertz CT molecular complexity index is 837. The van der Waals surface area contributed by atoms with Crippen molar-refractivity contribution < 1.29 is 9.21 Å². The number of carbonyl (C=O) groups excluding carboxylic acids is 1. The van der Waals surface area contributed by atoms with Crippen molar-refractivity contribution in [2.45, 2.75) is 6.54 Å². The highest BCUT2D eigenvalue weighted by atomic mass is 79.9. The Morgan fingerprint density at radius 1 is 1.22 bits per heavy atom. The average Bonchev–Trinajstić information content (AvgIpc) is 2.97. The number of halogens is 1. The molecule has 0 aliphatic carbocycles. The average molecular weight is 371 g/mol. The molecule has 5 heteroatoms. The van der Waals surface area contributed by atoms with E-state index >= 15 is 0 Å². The predicted molar refractivity (Wildman–Crippen MR) is 93.7 cm³/mol. The summed E-state index contributed by atoms with van der Waals surface area (Å²) in [5, 5.41) is 0. The molecule has 1 aromatic heterocycles. The molecular weight excluding hydrogens is 356 g/mol. The third-order valence-electron chi connectivity index (χ3n) is 3.42. The van der Waals surface area contributed by atoms with E-state index in [0.29, 0.717) is 18.0 Å². The maximum atomic E-state index is 12.2. The van der Waals surface area contributed by atoms with Gasteiger partial charge in [-0.15, -0.1) is 0 Å². The summed E-state index contributed by atoms with van der Waals surface area (Å²) >= 11 is 3.49. The highest BCUT2D eigenvalue weighted by Crippen LogP contribution is 2.18. The van der Waals surface area contributed by atoms with E-state index in [-0.39, 0.29) is 5.91 Å². The van der Waals surface area contributed by atoms with Crippen molar-refractivity contribution in [3.63, 3.8) is 0 Å². The van der Waals surface area contributed by atoms with E-state index in [9.17, 15) is 4.79 Å². The van der Waals surface area contributed by atoms with Gasteiger partial charge in [0.05, 0.1) is 0 Å². The molecule has 1 heterocycles. The van der Waals surface area contributed by atoms with Crippen molar-refractivity contribution in [2.75, 3.05) is 7.05 Å². The second-order valence-electron chi connectivity index (χ2n) is 5.14. The molecule has 0 atom stereocenters. The van der Waals surface area contributed by atoms with Gasteiger partial charge in [0.1, 0.15) is 5.52 Å². The van der Waals surface area contributed by atoms with E-state index in [0.717, 1.165) is 15.6 Å². The van der Waals surface area contributed by atoms with E-state index in [2.05, 4.69) is 20.9 Å². The Morgan fingerprint density at radius 2 is 1.96 bits per heavy atom. The predicted octanol–water partition coefficient (Wildman–Crippen LogP) is 4.26. The van der Waals surface area contributed by atoms with Gasteiger partial charge in [-0.1, -0.05) is 46.3 Å². The highest BCUT2D eigenvalue weighted by Gasteiger charge is 2.09. The van der Waals surface area contributed by atoms with Crippen LogP contribution in [-0.2, 0) is 11.3 Å². The van der Waals surface area contributed by atoms with E-state index < -0.39 is 0 Å². The van der Waals surface area contributed by atoms with Crippen LogP contribution in [0.4, 0.5) is 0 Å². The standard InChI is InChI=1S/C18H15BrN2O2/c1-21(12-13-6-2-3-7-14(13)19)18(22)11-10-17-20-15-8-4-5-9-16(15)23-17/h2-11H,12H2,1H3/b11-10+. The number of fused-ring (bicyclic) bond motifs is 1. The number of rotatable bonds is 4. The second kappa shape index (κ2) is 6.79. The molecule has 0 bridgehead atoms. The molecule has 0 unspecified atom stereocenters. The van der Waals surface area contributed by atoms with E-state index in [1.165, 1.54) is 6.08 Å². The number of aromatic nitrogens is 1. The number of benzene rings is 2. The molecule has 0 aliphatic rings. The van der Waals surface area contributed by atoms with Crippen LogP contribution in [0.15, 0.2) is 63.5 Å². The molecule has 0 saturated heterocycles. The molecule has 23 heavy (non-hydrogen) atoms. The van der Waals surface area contributed by atoms with Crippen LogP contribution in [-0.4, -0.2) is 22.8 Å². The first-order chi connectivity index (χ1) is 11.1. The maximum absolute atomic E-state index is 12.2. The molecule has 0 fully saturated rings. The Kier molecular flexibility index (Phi) is 4.57. The summed E-state index contributed by atoms with van der Waals surface area (Å²) in [6, 6.07) is 15.3. The third kappa shape index (κ3) is 3.68. The Morgan fingerprint density at radius 3 is 2.74 bits per heavy atom. The quantitative estimate of drug-likeness (QED) is 0.644. The first-order valence-electron chi connectivity index (χ1n) is 7.15. The molecule has 1 amide bonds. The number of oxazole rings is 1. The van der Waals surface area contributed by atoms with Crippen LogP contribution in [0.25, 0.3) is 17.2 Å². The van der Waals surface area contributed by atoms with Crippen LogP contribution in [0.2, 0.25) is 0 Å². The van der Waals surface area contributed by atoms with E-state index in [1.807, 2.05) is 48.5 Å². The summed E-state index contributed by atoms with van der Waals surface area (Å²) < 4.78 is 6.55. The zero-order valence-electron chi connectivity index (χ0n) is 12.6. The van der Waals surface area contributed by atoms with Gasteiger partial charge >= 0.3 is 0 Å². The molecule has 4 nitrogen and oxygen atoms in total. The summed E-state index contributed by atoms with van der Waals surface area (Å²) in [4.78, 5) is 18.2. The molecule has 0 spiro atoms. The molecule has 3 rings (SSSR count). The summed E-state index contributed by atoms with van der Waals surface area (Å²) in [6.45, 7) is 0.526. The fraction of sp³-hybridized carbons (Fsp3) is 0.111. The van der Waals surface area contributed by atoms with Crippen molar-refractivity contribution in [3.05, 3.63) is 70.5 Å². The topological polar surface area (TPSA) is 46.3 Å². The summed E-state index contributed by atoms with van der Waals surface area (Å²) in [6.07, 6.45) is 3.07. The lowest BCUT2D eigenvalue weighted by molar-refractivity contribution is -0.125. The third-order valence-corrected chi connectivity index (χ3v) is 4.19. The molecule has 0 saturated carbocycles. The first-order valence-corrected chi connectivity index (χ1v) is 7.95. The minimum absolute atomic E-state index is 0.108. The zero-order chi connectivity index (χ0) is 16.2. The molecule has 0 radical (unpaired) electrons. The van der Waals surface area contributed by atoms with Crippen molar-refractivity contribution in [3.8, 4) is 0 Å². The van der Waals surface area contributed by atoms with Crippen LogP contribution in [0.3, 0.4) is 0 Å². The Balaban J connectivity index is 1.69. The number of nitrogens with zero attached hydrogens (tertiary/aromatic N) is 2. The van der Waals surface area contributed by atoms with Gasteiger partial charge < -0.3 is 9.32 Å². The van der Waals surface area contributed by atoms with Crippen LogP contribution in [0, 0.1) is 0 Å². The SMILES string of the molecule is CN(Cc1ccccc1Br)C(=O)/C=C/c1nc2ccccc2o1. The molecule has 0 aliphatic heterocycles. The zero-order valence-corrected chi connectivity index (χ0v) is 14.2. The number of carbonyl (C=O) groups is 1. The van der Waals surface area contributed by atoms with Crippen LogP contribution in [0.1, 0.15) is 11.5 Å². The van der Waals surface area contributed by atoms with Crippen molar-refractivity contribution in [2.24, 2.45) is 0 Å². The van der Waals surface area contributed by atoms with Gasteiger partial charge in [0.25, 0.3) is 0 Å². The summed E-state index contributed by atoms with van der Waals surface area (Å²) in [5.41, 5.74) is 2.54. The summed E-state index contributed by atoms with van der Waals surface area (Å²) in [5.74, 6) is 0.317. The van der Waals surface area contributed by atoms with Gasteiger partial charge in [0, 0.05) is 30.2 Å². The second-order valence-corrected chi connectivity index (χ2v) is 5.99. The molecule has 0 N–H and O–H groups in total. The Hall–Kier alpha value is -2.40. The number of amides is 1. The lowest BCUT2D eigenvalue weighted by Gasteiger charge is -2.15. The smallest absolute Gasteiger partial charge is 0.246 e. The number of hydrogen-bond donors (Lipinski definition) is 0. The first kappa shape index (κ1) is 15.5. The molecule has 3 aromatic rings. The minimum Gasteiger partial charge on any atom is -0.437 e. The van der Waals surface area contributed by atoms with Crippen molar-refractivity contribution in [1.82, 2.24) is 9.88 Å². The lowest BCUT2D eigenvalue weighted by Crippen LogP contribution is -2.24.